The van der Waals surface area contributed by atoms with Crippen molar-refractivity contribution in [2.45, 2.75) is 12.5 Å². The number of nitrogens with zero attached hydrogens (tertiary/aromatic N) is 3. The second-order valence-electron chi connectivity index (χ2n) is 6.54. The number of hydrogen-bond acceptors (Lipinski definition) is 7. The van der Waals surface area contributed by atoms with E-state index >= 15 is 0 Å². The van der Waals surface area contributed by atoms with E-state index in [2.05, 4.69) is 16.5 Å². The van der Waals surface area contributed by atoms with Gasteiger partial charge in [0, 0.05) is 30.0 Å². The fraction of sp³-hybridized carbons (Fsp3) is 0.250. The van der Waals surface area contributed by atoms with Crippen molar-refractivity contribution in [2.24, 2.45) is 10.1 Å². The molecule has 0 spiro atoms. The third-order valence-electron chi connectivity index (χ3n) is 4.70. The van der Waals surface area contributed by atoms with Gasteiger partial charge in [-0.1, -0.05) is 30.0 Å². The van der Waals surface area contributed by atoms with Crippen molar-refractivity contribution in [2.75, 3.05) is 24.3 Å². The maximum absolute atomic E-state index is 12.4. The monoisotopic (exact) mass is 394 g/mol. The molecule has 1 N–H and O–H groups in total. The number of nitrogens with one attached hydrogen (secondary N) is 1. The fourth-order valence-electron chi connectivity index (χ4n) is 3.43. The molecule has 3 heterocycles. The Morgan fingerprint density at radius 1 is 1.18 bits per heavy atom. The molecule has 0 aromatic heterocycles. The lowest BCUT2D eigenvalue weighted by atomic mass is 10.0. The molecule has 0 fully saturated rings. The Hall–Kier alpha value is -3.00. The molecule has 142 valence electrons. The number of thioether (sulfide) groups is 1. The highest BCUT2D eigenvalue weighted by atomic mass is 32.2. The number of para-hydroxylation sites is 1. The van der Waals surface area contributed by atoms with Gasteiger partial charge in [-0.3, -0.25) is 4.79 Å². The Morgan fingerprint density at radius 2 is 2.04 bits per heavy atom. The van der Waals surface area contributed by atoms with Crippen LogP contribution in [0.15, 0.2) is 52.6 Å². The quantitative estimate of drug-likeness (QED) is 0.861. The third kappa shape index (κ3) is 3.20. The van der Waals surface area contributed by atoms with Crippen molar-refractivity contribution in [3.8, 4) is 11.5 Å². The average molecular weight is 394 g/mol. The van der Waals surface area contributed by atoms with Crippen molar-refractivity contribution in [3.63, 3.8) is 0 Å². The van der Waals surface area contributed by atoms with Crippen LogP contribution in [0.25, 0.3) is 0 Å². The van der Waals surface area contributed by atoms with Gasteiger partial charge >= 0.3 is 0 Å². The summed E-state index contributed by atoms with van der Waals surface area (Å²) in [6.07, 6.45) is 2.75. The zero-order valence-corrected chi connectivity index (χ0v) is 15.8. The highest BCUT2D eigenvalue weighted by molar-refractivity contribution is 8.14. The predicted octanol–water partition coefficient (Wildman–Crippen LogP) is 3.56. The molecule has 1 amide bonds. The molecule has 28 heavy (non-hydrogen) atoms. The number of aliphatic imine (C=N–C) groups is 1. The highest BCUT2D eigenvalue weighted by Crippen LogP contribution is 2.41. The first kappa shape index (κ1) is 17.1. The minimum Gasteiger partial charge on any atom is -0.486 e. The lowest BCUT2D eigenvalue weighted by Crippen LogP contribution is -2.29. The van der Waals surface area contributed by atoms with Crippen LogP contribution in [0.2, 0.25) is 0 Å². The zero-order valence-electron chi connectivity index (χ0n) is 15.0. The summed E-state index contributed by atoms with van der Waals surface area (Å²) in [6.45, 7) is 1.06. The van der Waals surface area contributed by atoms with Gasteiger partial charge in [0.25, 0.3) is 0 Å². The molecule has 0 aliphatic carbocycles. The molecule has 0 bridgehead atoms. The number of carbonyl (C=O) groups is 1. The first-order valence-electron chi connectivity index (χ1n) is 9.09. The summed E-state index contributed by atoms with van der Waals surface area (Å²) in [5.74, 6) is 1.49. The van der Waals surface area contributed by atoms with E-state index in [1.807, 2.05) is 41.6 Å². The fourth-order valence-corrected chi connectivity index (χ4v) is 4.23. The summed E-state index contributed by atoms with van der Waals surface area (Å²) in [6, 6.07) is 13.6. The Bertz CT molecular complexity index is 991. The number of benzene rings is 2. The summed E-state index contributed by atoms with van der Waals surface area (Å²) in [7, 11) is 0. The molecule has 3 aliphatic heterocycles. The van der Waals surface area contributed by atoms with Crippen LogP contribution >= 0.6 is 11.8 Å². The number of amidine groups is 1. The number of ether oxygens (including phenoxy) is 2. The maximum atomic E-state index is 12.4. The van der Waals surface area contributed by atoms with Gasteiger partial charge in [-0.25, -0.2) is 10.0 Å². The number of amides is 1. The van der Waals surface area contributed by atoms with Crippen LogP contribution in [-0.2, 0) is 4.79 Å². The Balaban J connectivity index is 1.26. The van der Waals surface area contributed by atoms with Gasteiger partial charge in [0.15, 0.2) is 16.7 Å². The van der Waals surface area contributed by atoms with Crippen molar-refractivity contribution in [1.29, 1.82) is 0 Å². The number of anilines is 1. The third-order valence-corrected chi connectivity index (χ3v) is 5.64. The number of hydrogen-bond donors (Lipinski definition) is 1. The Kier molecular flexibility index (Phi) is 4.40. The zero-order chi connectivity index (χ0) is 18.9. The molecule has 2 aromatic carbocycles. The molecule has 7 nitrogen and oxygen atoms in total. The standard InChI is InChI=1S/C20H18N4O3S/c25-19(22-13-5-6-17-18(11-13)27-10-9-26-17)12-28-20-23-15-4-2-1-3-14(15)16-7-8-21-24(16)20/h1-6,8,11,16H,7,9-10,12H2,(H,22,25). The van der Waals surface area contributed by atoms with E-state index in [-0.39, 0.29) is 17.7 Å². The topological polar surface area (TPSA) is 75.5 Å². The van der Waals surface area contributed by atoms with E-state index < -0.39 is 0 Å². The molecule has 0 saturated heterocycles. The molecule has 1 unspecified atom stereocenters. The van der Waals surface area contributed by atoms with Gasteiger partial charge < -0.3 is 14.8 Å². The summed E-state index contributed by atoms with van der Waals surface area (Å²) < 4.78 is 11.1. The summed E-state index contributed by atoms with van der Waals surface area (Å²) in [5.41, 5.74) is 2.80. The van der Waals surface area contributed by atoms with E-state index in [1.54, 1.807) is 6.07 Å². The van der Waals surface area contributed by atoms with E-state index in [0.717, 1.165) is 17.3 Å². The lowest BCUT2D eigenvalue weighted by Gasteiger charge is -2.29. The molecule has 0 radical (unpaired) electrons. The van der Waals surface area contributed by atoms with Crippen LogP contribution in [0, 0.1) is 0 Å². The van der Waals surface area contributed by atoms with Crippen LogP contribution in [0.4, 0.5) is 11.4 Å². The number of fused-ring (bicyclic) bond motifs is 4. The minimum absolute atomic E-state index is 0.108. The van der Waals surface area contributed by atoms with E-state index in [0.29, 0.717) is 30.4 Å². The van der Waals surface area contributed by atoms with E-state index in [1.165, 1.54) is 17.3 Å². The normalized spacial score (nSPS) is 18.9. The van der Waals surface area contributed by atoms with Gasteiger partial charge in [0.1, 0.15) is 13.2 Å². The van der Waals surface area contributed by atoms with E-state index in [4.69, 9.17) is 14.5 Å². The van der Waals surface area contributed by atoms with Crippen LogP contribution in [-0.4, -0.2) is 41.3 Å². The number of rotatable bonds is 3. The van der Waals surface area contributed by atoms with Crippen molar-refractivity contribution in [1.82, 2.24) is 5.01 Å². The average Bonchev–Trinajstić information content (AvgIpc) is 3.22. The molecule has 8 heteroatoms. The molecule has 3 aliphatic rings. The van der Waals surface area contributed by atoms with Crippen LogP contribution in [0.1, 0.15) is 18.0 Å². The smallest absolute Gasteiger partial charge is 0.234 e. The molecular weight excluding hydrogens is 376 g/mol. The predicted molar refractivity (Wildman–Crippen MR) is 110 cm³/mol. The van der Waals surface area contributed by atoms with Gasteiger partial charge in [-0.2, -0.15) is 5.10 Å². The van der Waals surface area contributed by atoms with Gasteiger partial charge in [-0.05, 0) is 18.2 Å². The van der Waals surface area contributed by atoms with E-state index in [9.17, 15) is 4.79 Å². The summed E-state index contributed by atoms with van der Waals surface area (Å²) >= 11 is 1.39. The van der Waals surface area contributed by atoms with Gasteiger partial charge in [0.05, 0.1) is 17.5 Å². The molecule has 2 aromatic rings. The SMILES string of the molecule is O=C(CSC1=Nc2ccccc2C2CC=NN12)Nc1ccc2c(c1)OCCO2. The second-order valence-corrected chi connectivity index (χ2v) is 7.49. The Morgan fingerprint density at radius 3 is 2.96 bits per heavy atom. The summed E-state index contributed by atoms with van der Waals surface area (Å²) in [5, 5.41) is 10.00. The van der Waals surface area contributed by atoms with Gasteiger partial charge in [0.2, 0.25) is 5.91 Å². The second kappa shape index (κ2) is 7.20. The van der Waals surface area contributed by atoms with Gasteiger partial charge in [-0.15, -0.1) is 0 Å². The number of hydrazone groups is 1. The maximum Gasteiger partial charge on any atom is 0.234 e. The minimum atomic E-state index is -0.108. The largest absolute Gasteiger partial charge is 0.486 e. The molecular formula is C20H18N4O3S. The Labute approximate surface area is 166 Å². The lowest BCUT2D eigenvalue weighted by molar-refractivity contribution is -0.113. The van der Waals surface area contributed by atoms with Crippen molar-refractivity contribution >= 4 is 40.4 Å². The first-order valence-corrected chi connectivity index (χ1v) is 10.1. The van der Waals surface area contributed by atoms with Crippen LogP contribution < -0.4 is 14.8 Å². The highest BCUT2D eigenvalue weighted by Gasteiger charge is 2.32. The molecule has 0 saturated carbocycles. The van der Waals surface area contributed by atoms with Crippen LogP contribution in [0.3, 0.4) is 0 Å². The first-order chi connectivity index (χ1) is 13.8. The summed E-state index contributed by atoms with van der Waals surface area (Å²) in [4.78, 5) is 17.1. The van der Waals surface area contributed by atoms with Crippen molar-refractivity contribution in [3.05, 3.63) is 48.0 Å². The van der Waals surface area contributed by atoms with Crippen LogP contribution in [0.5, 0.6) is 11.5 Å². The molecule has 5 rings (SSSR count). The number of carbonyl (C=O) groups excluding carboxylic acids is 1. The molecule has 1 atom stereocenters. The van der Waals surface area contributed by atoms with Crippen molar-refractivity contribution < 1.29 is 14.3 Å².